The third kappa shape index (κ3) is 3.48. The molecule has 1 spiro atoms. The van der Waals surface area contributed by atoms with Gasteiger partial charge in [0.15, 0.2) is 0 Å². The molecule has 1 unspecified atom stereocenters. The Bertz CT molecular complexity index is 639. The maximum atomic E-state index is 6.29. The first kappa shape index (κ1) is 16.7. The standard InChI is InChI=1S/C20H30N4O/c1-15-8-16(24-13-20(14-24)11-23-12-20)5-6-18(15)19(21)10-22-9-17-4-2-3-7-25-17/h5-6,8,10,17,22-23H,2-4,7,9,11-14,21H2,1H3/b19-10-. The summed E-state index contributed by atoms with van der Waals surface area (Å²) in [5.41, 5.74) is 11.3. The number of rotatable bonds is 5. The van der Waals surface area contributed by atoms with Crippen molar-refractivity contribution in [3.63, 3.8) is 0 Å². The molecule has 5 heteroatoms. The number of nitrogens with one attached hydrogen (secondary N) is 2. The van der Waals surface area contributed by atoms with Gasteiger partial charge >= 0.3 is 0 Å². The summed E-state index contributed by atoms with van der Waals surface area (Å²) in [6.45, 7) is 8.56. The second-order valence-corrected chi connectivity index (χ2v) is 7.96. The van der Waals surface area contributed by atoms with Crippen LogP contribution in [0, 0.1) is 12.3 Å². The van der Waals surface area contributed by atoms with Gasteiger partial charge in [0.1, 0.15) is 0 Å². The first-order valence-electron chi connectivity index (χ1n) is 9.53. The summed E-state index contributed by atoms with van der Waals surface area (Å²) in [5.74, 6) is 0. The second-order valence-electron chi connectivity index (χ2n) is 7.96. The van der Waals surface area contributed by atoms with E-state index in [2.05, 4.69) is 40.7 Å². The Kier molecular flexibility index (Phi) is 4.61. The molecule has 3 heterocycles. The zero-order chi connectivity index (χ0) is 17.3. The quantitative estimate of drug-likeness (QED) is 0.762. The van der Waals surface area contributed by atoms with Crippen LogP contribution in [-0.4, -0.2) is 45.4 Å². The van der Waals surface area contributed by atoms with Gasteiger partial charge in [0.05, 0.1) is 11.8 Å². The summed E-state index contributed by atoms with van der Waals surface area (Å²) in [5, 5.41) is 6.72. The fourth-order valence-electron chi connectivity index (χ4n) is 4.16. The highest BCUT2D eigenvalue weighted by Crippen LogP contribution is 2.38. The fraction of sp³-hybridized carbons (Fsp3) is 0.600. The molecule has 0 aromatic heterocycles. The van der Waals surface area contributed by atoms with Crippen molar-refractivity contribution in [2.24, 2.45) is 11.1 Å². The highest BCUT2D eigenvalue weighted by molar-refractivity contribution is 5.68. The van der Waals surface area contributed by atoms with Crippen LogP contribution in [0.15, 0.2) is 24.4 Å². The van der Waals surface area contributed by atoms with Crippen molar-refractivity contribution in [3.05, 3.63) is 35.5 Å². The maximum Gasteiger partial charge on any atom is 0.0747 e. The van der Waals surface area contributed by atoms with Gasteiger partial charge in [0.2, 0.25) is 0 Å². The number of nitrogens with zero attached hydrogens (tertiary/aromatic N) is 1. The lowest BCUT2D eigenvalue weighted by Crippen LogP contribution is -2.71. The molecule has 1 aromatic rings. The Hall–Kier alpha value is -1.72. The van der Waals surface area contributed by atoms with Gasteiger partial charge in [-0.05, 0) is 43.9 Å². The van der Waals surface area contributed by atoms with Gasteiger partial charge in [-0.25, -0.2) is 0 Å². The van der Waals surface area contributed by atoms with E-state index < -0.39 is 0 Å². The SMILES string of the molecule is Cc1cc(N2CC3(CNC3)C2)ccc1/C(N)=C/NCC1CCCCO1. The molecule has 0 aliphatic carbocycles. The summed E-state index contributed by atoms with van der Waals surface area (Å²) in [4.78, 5) is 2.47. The first-order valence-corrected chi connectivity index (χ1v) is 9.53. The highest BCUT2D eigenvalue weighted by atomic mass is 16.5. The van der Waals surface area contributed by atoms with E-state index in [0.29, 0.717) is 11.5 Å². The molecule has 3 aliphatic rings. The molecule has 0 bridgehead atoms. The molecule has 3 fully saturated rings. The average Bonchev–Trinajstić information content (AvgIpc) is 2.53. The minimum Gasteiger partial charge on any atom is -0.397 e. The van der Waals surface area contributed by atoms with Gasteiger partial charge in [-0.15, -0.1) is 0 Å². The van der Waals surface area contributed by atoms with Gasteiger partial charge in [0.25, 0.3) is 0 Å². The molecule has 1 aromatic carbocycles. The lowest BCUT2D eigenvalue weighted by Gasteiger charge is -2.57. The number of aryl methyl sites for hydroxylation is 1. The van der Waals surface area contributed by atoms with Crippen LogP contribution < -0.4 is 21.3 Å². The Labute approximate surface area is 150 Å². The number of hydrogen-bond donors (Lipinski definition) is 3. The van der Waals surface area contributed by atoms with Crippen molar-refractivity contribution >= 4 is 11.4 Å². The third-order valence-electron chi connectivity index (χ3n) is 5.82. The van der Waals surface area contributed by atoms with Gasteiger partial charge in [0, 0.05) is 62.2 Å². The molecule has 3 aliphatic heterocycles. The van der Waals surface area contributed by atoms with Crippen molar-refractivity contribution in [2.75, 3.05) is 44.2 Å². The van der Waals surface area contributed by atoms with Crippen LogP contribution >= 0.6 is 0 Å². The number of nitrogens with two attached hydrogens (primary N) is 1. The van der Waals surface area contributed by atoms with Crippen LogP contribution in [0.25, 0.3) is 5.70 Å². The van der Waals surface area contributed by atoms with E-state index in [1.807, 2.05) is 6.20 Å². The van der Waals surface area contributed by atoms with Crippen LogP contribution in [0.3, 0.4) is 0 Å². The molecule has 1 atom stereocenters. The molecule has 3 saturated heterocycles. The molecule has 136 valence electrons. The first-order chi connectivity index (χ1) is 12.2. The van der Waals surface area contributed by atoms with E-state index in [-0.39, 0.29) is 0 Å². The molecule has 4 rings (SSSR count). The molecule has 5 nitrogen and oxygen atoms in total. The number of benzene rings is 1. The van der Waals surface area contributed by atoms with Crippen molar-refractivity contribution in [2.45, 2.75) is 32.3 Å². The third-order valence-corrected chi connectivity index (χ3v) is 5.82. The van der Waals surface area contributed by atoms with Crippen molar-refractivity contribution in [3.8, 4) is 0 Å². The zero-order valence-corrected chi connectivity index (χ0v) is 15.2. The van der Waals surface area contributed by atoms with E-state index in [1.54, 1.807) is 0 Å². The molecule has 0 radical (unpaired) electrons. The predicted octanol–water partition coefficient (Wildman–Crippen LogP) is 1.82. The highest BCUT2D eigenvalue weighted by Gasteiger charge is 2.47. The van der Waals surface area contributed by atoms with Crippen molar-refractivity contribution in [1.29, 1.82) is 0 Å². The smallest absolute Gasteiger partial charge is 0.0747 e. The van der Waals surface area contributed by atoms with E-state index in [0.717, 1.165) is 30.8 Å². The summed E-state index contributed by atoms with van der Waals surface area (Å²) in [6.07, 6.45) is 5.84. The molecular weight excluding hydrogens is 312 g/mol. The zero-order valence-electron chi connectivity index (χ0n) is 15.2. The number of ether oxygens (including phenoxy) is 1. The Morgan fingerprint density at radius 2 is 2.24 bits per heavy atom. The normalized spacial score (nSPS) is 25.4. The number of anilines is 1. The lowest BCUT2D eigenvalue weighted by atomic mass is 9.74. The summed E-state index contributed by atoms with van der Waals surface area (Å²) >= 11 is 0. The monoisotopic (exact) mass is 342 g/mol. The van der Waals surface area contributed by atoms with E-state index in [1.165, 1.54) is 50.3 Å². The van der Waals surface area contributed by atoms with Crippen molar-refractivity contribution in [1.82, 2.24) is 10.6 Å². The number of hydrogen-bond acceptors (Lipinski definition) is 5. The van der Waals surface area contributed by atoms with Gasteiger partial charge < -0.3 is 26.0 Å². The Morgan fingerprint density at radius 1 is 1.40 bits per heavy atom. The van der Waals surface area contributed by atoms with Gasteiger partial charge in [-0.3, -0.25) is 0 Å². The topological polar surface area (TPSA) is 62.5 Å². The summed E-state index contributed by atoms with van der Waals surface area (Å²) in [6, 6.07) is 6.62. The van der Waals surface area contributed by atoms with Crippen LogP contribution in [-0.2, 0) is 4.74 Å². The summed E-state index contributed by atoms with van der Waals surface area (Å²) < 4.78 is 5.74. The Balaban J connectivity index is 1.34. The summed E-state index contributed by atoms with van der Waals surface area (Å²) in [7, 11) is 0. The van der Waals surface area contributed by atoms with Crippen molar-refractivity contribution < 1.29 is 4.74 Å². The van der Waals surface area contributed by atoms with Crippen LogP contribution in [0.2, 0.25) is 0 Å². The lowest BCUT2D eigenvalue weighted by molar-refractivity contribution is 0.0188. The molecule has 0 amide bonds. The molecule has 4 N–H and O–H groups in total. The molecule has 25 heavy (non-hydrogen) atoms. The largest absolute Gasteiger partial charge is 0.397 e. The predicted molar refractivity (Wildman–Crippen MR) is 102 cm³/mol. The molecule has 0 saturated carbocycles. The van der Waals surface area contributed by atoms with E-state index >= 15 is 0 Å². The average molecular weight is 342 g/mol. The Morgan fingerprint density at radius 3 is 2.88 bits per heavy atom. The second kappa shape index (κ2) is 6.89. The van der Waals surface area contributed by atoms with E-state index in [9.17, 15) is 0 Å². The van der Waals surface area contributed by atoms with Crippen LogP contribution in [0.5, 0.6) is 0 Å². The van der Waals surface area contributed by atoms with Crippen LogP contribution in [0.4, 0.5) is 5.69 Å². The maximum absolute atomic E-state index is 6.29. The fourth-order valence-corrected chi connectivity index (χ4v) is 4.16. The van der Waals surface area contributed by atoms with Crippen LogP contribution in [0.1, 0.15) is 30.4 Å². The minimum atomic E-state index is 0.320. The minimum absolute atomic E-state index is 0.320. The molecular formula is C20H30N4O. The van der Waals surface area contributed by atoms with Gasteiger partial charge in [-0.2, -0.15) is 0 Å². The van der Waals surface area contributed by atoms with Gasteiger partial charge in [-0.1, -0.05) is 6.07 Å². The van der Waals surface area contributed by atoms with E-state index in [4.69, 9.17) is 10.5 Å².